The van der Waals surface area contributed by atoms with Gasteiger partial charge in [-0.25, -0.2) is 0 Å². The molecule has 0 aromatic rings. The minimum atomic E-state index is -0.214. The van der Waals surface area contributed by atoms with Gasteiger partial charge in [-0.15, -0.1) is 0 Å². The maximum absolute atomic E-state index is 12.3. The molecule has 1 N–H and O–H groups in total. The first kappa shape index (κ1) is 18.7. The number of rotatable bonds is 7. The smallest absolute Gasteiger partial charge is 0.320 e. The molecule has 2 rings (SSSR count). The van der Waals surface area contributed by atoms with E-state index in [1.54, 1.807) is 6.92 Å². The number of nitrogens with zero attached hydrogens (tertiary/aromatic N) is 2. The van der Waals surface area contributed by atoms with Crippen molar-refractivity contribution in [2.75, 3.05) is 45.9 Å². The van der Waals surface area contributed by atoms with Crippen LogP contribution in [0, 0.1) is 11.8 Å². The summed E-state index contributed by atoms with van der Waals surface area (Å²) in [5.74, 6) is 0.560. The molecule has 1 saturated heterocycles. The SMILES string of the molecule is CCOC(=O)CN1CCCN(C(=O)CCNC(=O)C2CC2C)CC1. The van der Waals surface area contributed by atoms with Gasteiger partial charge in [-0.3, -0.25) is 19.3 Å². The predicted octanol–water partition coefficient (Wildman–Crippen LogP) is 0.246. The first-order chi connectivity index (χ1) is 11.5. The lowest BCUT2D eigenvalue weighted by Gasteiger charge is -2.21. The minimum Gasteiger partial charge on any atom is -0.465 e. The highest BCUT2D eigenvalue weighted by Crippen LogP contribution is 2.37. The molecule has 1 aliphatic carbocycles. The van der Waals surface area contributed by atoms with Gasteiger partial charge in [-0.2, -0.15) is 0 Å². The molecule has 1 aliphatic heterocycles. The quantitative estimate of drug-likeness (QED) is 0.673. The Bertz CT molecular complexity index is 469. The molecule has 7 heteroatoms. The Morgan fingerprint density at radius 2 is 1.92 bits per heavy atom. The molecule has 7 nitrogen and oxygen atoms in total. The van der Waals surface area contributed by atoms with Gasteiger partial charge in [0.05, 0.1) is 13.2 Å². The second kappa shape index (κ2) is 9.01. The largest absolute Gasteiger partial charge is 0.465 e. The first-order valence-corrected chi connectivity index (χ1v) is 8.94. The van der Waals surface area contributed by atoms with Gasteiger partial charge in [0.15, 0.2) is 0 Å². The standard InChI is InChI=1S/C17H29N3O4/c1-3-24-16(22)12-19-7-4-8-20(10-9-19)15(21)5-6-18-17(23)14-11-13(14)2/h13-14H,3-12H2,1-2H3,(H,18,23). The van der Waals surface area contributed by atoms with Crippen LogP contribution in [-0.4, -0.2) is 73.5 Å². The first-order valence-electron chi connectivity index (χ1n) is 8.94. The number of esters is 1. The van der Waals surface area contributed by atoms with Crippen LogP contribution in [0.15, 0.2) is 0 Å². The van der Waals surface area contributed by atoms with E-state index in [0.717, 1.165) is 19.4 Å². The molecule has 2 unspecified atom stereocenters. The lowest BCUT2D eigenvalue weighted by Crippen LogP contribution is -2.38. The number of nitrogens with one attached hydrogen (secondary N) is 1. The summed E-state index contributed by atoms with van der Waals surface area (Å²) in [5.41, 5.74) is 0. The van der Waals surface area contributed by atoms with Gasteiger partial charge in [0.2, 0.25) is 11.8 Å². The molecule has 136 valence electrons. The Balaban J connectivity index is 1.65. The van der Waals surface area contributed by atoms with E-state index in [1.807, 2.05) is 9.80 Å². The van der Waals surface area contributed by atoms with Crippen molar-refractivity contribution in [2.45, 2.75) is 33.1 Å². The number of amides is 2. The van der Waals surface area contributed by atoms with Crippen LogP contribution in [0.1, 0.15) is 33.1 Å². The van der Waals surface area contributed by atoms with Crippen molar-refractivity contribution < 1.29 is 19.1 Å². The zero-order chi connectivity index (χ0) is 17.5. The fraction of sp³-hybridized carbons (Fsp3) is 0.824. The van der Waals surface area contributed by atoms with E-state index in [-0.39, 0.29) is 30.2 Å². The van der Waals surface area contributed by atoms with Crippen LogP contribution in [0.2, 0.25) is 0 Å². The second-order valence-electron chi connectivity index (χ2n) is 6.68. The van der Waals surface area contributed by atoms with Crippen LogP contribution < -0.4 is 5.32 Å². The van der Waals surface area contributed by atoms with Crippen LogP contribution in [0.5, 0.6) is 0 Å². The van der Waals surface area contributed by atoms with Crippen molar-refractivity contribution >= 4 is 17.8 Å². The summed E-state index contributed by atoms with van der Waals surface area (Å²) in [7, 11) is 0. The van der Waals surface area contributed by atoms with Gasteiger partial charge in [-0.05, 0) is 25.7 Å². The third-order valence-electron chi connectivity index (χ3n) is 4.68. The summed E-state index contributed by atoms with van der Waals surface area (Å²) < 4.78 is 4.97. The Hall–Kier alpha value is -1.63. The van der Waals surface area contributed by atoms with Crippen molar-refractivity contribution in [3.63, 3.8) is 0 Å². The lowest BCUT2D eigenvalue weighted by atomic mass is 10.3. The molecule has 24 heavy (non-hydrogen) atoms. The third kappa shape index (κ3) is 5.78. The van der Waals surface area contributed by atoms with Crippen LogP contribution >= 0.6 is 0 Å². The molecular weight excluding hydrogens is 310 g/mol. The predicted molar refractivity (Wildman–Crippen MR) is 89.2 cm³/mol. The van der Waals surface area contributed by atoms with Gasteiger partial charge in [0, 0.05) is 45.1 Å². The Morgan fingerprint density at radius 1 is 1.17 bits per heavy atom. The molecule has 2 aliphatic rings. The fourth-order valence-electron chi connectivity index (χ4n) is 3.04. The summed E-state index contributed by atoms with van der Waals surface area (Å²) in [6.45, 7) is 7.73. The summed E-state index contributed by atoms with van der Waals surface area (Å²) >= 11 is 0. The van der Waals surface area contributed by atoms with Gasteiger partial charge in [0.1, 0.15) is 0 Å². The third-order valence-corrected chi connectivity index (χ3v) is 4.68. The Kier molecular flexibility index (Phi) is 7.02. The molecule has 0 spiro atoms. The minimum absolute atomic E-state index is 0.0668. The Labute approximate surface area is 143 Å². The summed E-state index contributed by atoms with van der Waals surface area (Å²) in [6, 6.07) is 0. The van der Waals surface area contributed by atoms with Crippen molar-refractivity contribution in [3.05, 3.63) is 0 Å². The maximum atomic E-state index is 12.3. The van der Waals surface area contributed by atoms with E-state index in [9.17, 15) is 14.4 Å². The zero-order valence-corrected chi connectivity index (χ0v) is 14.8. The molecule has 2 fully saturated rings. The van der Waals surface area contributed by atoms with Crippen molar-refractivity contribution in [3.8, 4) is 0 Å². The van der Waals surface area contributed by atoms with Crippen LogP contribution in [-0.2, 0) is 19.1 Å². The normalized spacial score (nSPS) is 24.2. The summed E-state index contributed by atoms with van der Waals surface area (Å²) in [5, 5.41) is 2.85. The van der Waals surface area contributed by atoms with Crippen LogP contribution in [0.25, 0.3) is 0 Å². The highest BCUT2D eigenvalue weighted by molar-refractivity contribution is 5.82. The van der Waals surface area contributed by atoms with E-state index >= 15 is 0 Å². The highest BCUT2D eigenvalue weighted by Gasteiger charge is 2.38. The number of carbonyl (C=O) groups excluding carboxylic acids is 3. The summed E-state index contributed by atoms with van der Waals surface area (Å²) in [4.78, 5) is 39.4. The van der Waals surface area contributed by atoms with E-state index in [0.29, 0.717) is 45.1 Å². The molecule has 2 atom stereocenters. The van der Waals surface area contributed by atoms with E-state index in [1.165, 1.54) is 0 Å². The molecule has 0 bridgehead atoms. The molecule has 0 radical (unpaired) electrons. The average molecular weight is 339 g/mol. The number of hydrogen-bond donors (Lipinski definition) is 1. The summed E-state index contributed by atoms with van der Waals surface area (Å²) in [6.07, 6.45) is 2.14. The molecule has 0 aromatic heterocycles. The second-order valence-corrected chi connectivity index (χ2v) is 6.68. The lowest BCUT2D eigenvalue weighted by molar-refractivity contribution is -0.144. The van der Waals surface area contributed by atoms with Gasteiger partial charge < -0.3 is 15.0 Å². The van der Waals surface area contributed by atoms with Gasteiger partial charge in [0.25, 0.3) is 0 Å². The molecule has 1 heterocycles. The van der Waals surface area contributed by atoms with Crippen LogP contribution in [0.4, 0.5) is 0 Å². The zero-order valence-electron chi connectivity index (χ0n) is 14.8. The van der Waals surface area contributed by atoms with E-state index in [2.05, 4.69) is 12.2 Å². The van der Waals surface area contributed by atoms with Gasteiger partial charge >= 0.3 is 5.97 Å². The van der Waals surface area contributed by atoms with E-state index in [4.69, 9.17) is 4.74 Å². The molecule has 1 saturated carbocycles. The average Bonchev–Trinajstić information content (AvgIpc) is 3.30. The monoisotopic (exact) mass is 339 g/mol. The van der Waals surface area contributed by atoms with E-state index < -0.39 is 0 Å². The number of hydrogen-bond acceptors (Lipinski definition) is 5. The van der Waals surface area contributed by atoms with Crippen molar-refractivity contribution in [1.82, 2.24) is 15.1 Å². The Morgan fingerprint density at radius 3 is 2.58 bits per heavy atom. The number of ether oxygens (including phenoxy) is 1. The molecular formula is C17H29N3O4. The highest BCUT2D eigenvalue weighted by atomic mass is 16.5. The van der Waals surface area contributed by atoms with Crippen molar-refractivity contribution in [1.29, 1.82) is 0 Å². The molecule has 0 aromatic carbocycles. The van der Waals surface area contributed by atoms with Crippen LogP contribution in [0.3, 0.4) is 0 Å². The topological polar surface area (TPSA) is 79.0 Å². The number of carbonyl (C=O) groups is 3. The van der Waals surface area contributed by atoms with Gasteiger partial charge in [-0.1, -0.05) is 6.92 Å². The molecule has 2 amide bonds. The maximum Gasteiger partial charge on any atom is 0.320 e. The fourth-order valence-corrected chi connectivity index (χ4v) is 3.04. The van der Waals surface area contributed by atoms with Crippen molar-refractivity contribution in [2.24, 2.45) is 11.8 Å².